The molecular formula is C20H19N3. The number of hydrogen-bond acceptors (Lipinski definition) is 2. The zero-order valence-corrected chi connectivity index (χ0v) is 13.4. The third-order valence-corrected chi connectivity index (χ3v) is 3.86. The third kappa shape index (κ3) is 3.32. The van der Waals surface area contributed by atoms with Gasteiger partial charge in [-0.3, -0.25) is 0 Å². The first-order valence-corrected chi connectivity index (χ1v) is 7.77. The highest BCUT2D eigenvalue weighted by Crippen LogP contribution is 2.19. The fourth-order valence-corrected chi connectivity index (χ4v) is 2.58. The van der Waals surface area contributed by atoms with E-state index in [0.29, 0.717) is 6.54 Å². The van der Waals surface area contributed by atoms with Gasteiger partial charge in [0.15, 0.2) is 0 Å². The maximum Gasteiger partial charge on any atom is 0.133 e. The van der Waals surface area contributed by atoms with E-state index in [1.165, 1.54) is 5.56 Å². The van der Waals surface area contributed by atoms with E-state index in [0.717, 1.165) is 22.4 Å². The summed E-state index contributed by atoms with van der Waals surface area (Å²) in [5.41, 5.74) is 4.42. The molecule has 0 aliphatic rings. The number of imidazole rings is 1. The zero-order chi connectivity index (χ0) is 16.2. The topological polar surface area (TPSA) is 41.6 Å². The Balaban J connectivity index is 2.00. The van der Waals surface area contributed by atoms with Crippen LogP contribution >= 0.6 is 0 Å². The van der Waals surface area contributed by atoms with Crippen molar-refractivity contribution < 1.29 is 0 Å². The first-order valence-electron chi connectivity index (χ1n) is 7.77. The van der Waals surface area contributed by atoms with Crippen molar-refractivity contribution in [2.24, 2.45) is 5.92 Å². The molecule has 0 amide bonds. The van der Waals surface area contributed by atoms with E-state index < -0.39 is 0 Å². The second-order valence-electron chi connectivity index (χ2n) is 5.84. The van der Waals surface area contributed by atoms with E-state index >= 15 is 0 Å². The van der Waals surface area contributed by atoms with E-state index in [-0.39, 0.29) is 5.92 Å². The highest BCUT2D eigenvalue weighted by molar-refractivity contribution is 5.79. The summed E-state index contributed by atoms with van der Waals surface area (Å²) in [5, 5.41) is 9.13. The van der Waals surface area contributed by atoms with Crippen molar-refractivity contribution in [3.8, 4) is 6.07 Å². The zero-order valence-electron chi connectivity index (χ0n) is 13.4. The van der Waals surface area contributed by atoms with Crippen molar-refractivity contribution >= 4 is 23.2 Å². The molecule has 0 aliphatic carbocycles. The van der Waals surface area contributed by atoms with Crippen LogP contribution in [0.15, 0.2) is 48.5 Å². The summed E-state index contributed by atoms with van der Waals surface area (Å²) in [7, 11) is 0. The predicted molar refractivity (Wildman–Crippen MR) is 94.6 cm³/mol. The van der Waals surface area contributed by atoms with Gasteiger partial charge in [-0.05, 0) is 37.6 Å². The molecule has 3 nitrogen and oxygen atoms in total. The lowest BCUT2D eigenvalue weighted by Gasteiger charge is -2.08. The molecule has 0 aliphatic heterocycles. The number of aromatic nitrogens is 2. The summed E-state index contributed by atoms with van der Waals surface area (Å²) in [5.74, 6) is 0.827. The van der Waals surface area contributed by atoms with Crippen molar-refractivity contribution in [3.63, 3.8) is 0 Å². The lowest BCUT2D eigenvalue weighted by atomic mass is 10.1. The normalized spacial score (nSPS) is 12.6. The minimum Gasteiger partial charge on any atom is -0.323 e. The van der Waals surface area contributed by atoms with Gasteiger partial charge in [0.1, 0.15) is 5.82 Å². The fraction of sp³-hybridized carbons (Fsp3) is 0.200. The largest absolute Gasteiger partial charge is 0.323 e. The summed E-state index contributed by atoms with van der Waals surface area (Å²) in [6.45, 7) is 4.66. The maximum absolute atomic E-state index is 9.13. The number of aryl methyl sites for hydroxylation is 1. The van der Waals surface area contributed by atoms with Gasteiger partial charge in [-0.15, -0.1) is 0 Å². The Morgan fingerprint density at radius 2 is 1.87 bits per heavy atom. The highest BCUT2D eigenvalue weighted by Gasteiger charge is 2.10. The van der Waals surface area contributed by atoms with E-state index in [1.54, 1.807) is 0 Å². The molecule has 0 radical (unpaired) electrons. The quantitative estimate of drug-likeness (QED) is 0.702. The van der Waals surface area contributed by atoms with E-state index in [4.69, 9.17) is 10.2 Å². The molecule has 114 valence electrons. The molecule has 0 fully saturated rings. The Bertz CT molecular complexity index is 879. The van der Waals surface area contributed by atoms with Crippen molar-refractivity contribution in [3.05, 3.63) is 65.5 Å². The fourth-order valence-electron chi connectivity index (χ4n) is 2.58. The molecule has 0 spiro atoms. The van der Waals surface area contributed by atoms with Gasteiger partial charge in [0.2, 0.25) is 0 Å². The Morgan fingerprint density at radius 1 is 1.13 bits per heavy atom. The minimum atomic E-state index is -0.0564. The van der Waals surface area contributed by atoms with Crippen LogP contribution in [0.2, 0.25) is 0 Å². The third-order valence-electron chi connectivity index (χ3n) is 3.86. The lowest BCUT2D eigenvalue weighted by molar-refractivity contribution is 0.589. The van der Waals surface area contributed by atoms with E-state index in [9.17, 15) is 0 Å². The van der Waals surface area contributed by atoms with Gasteiger partial charge in [-0.2, -0.15) is 5.26 Å². The van der Waals surface area contributed by atoms with Crippen LogP contribution < -0.4 is 0 Å². The standard InChI is InChI=1S/C20H19N3/c1-15-7-9-17(10-8-15)11-12-20-22-18-5-3-4-6-19(18)23(20)14-16(2)13-21/h3-12,16H,14H2,1-2H3/b12-11+. The second-order valence-corrected chi connectivity index (χ2v) is 5.84. The van der Waals surface area contributed by atoms with E-state index in [2.05, 4.69) is 54.0 Å². The molecule has 1 atom stereocenters. The Kier molecular flexibility index (Phi) is 4.25. The molecule has 0 N–H and O–H groups in total. The molecule has 1 unspecified atom stereocenters. The lowest BCUT2D eigenvalue weighted by Crippen LogP contribution is -2.07. The summed E-state index contributed by atoms with van der Waals surface area (Å²) in [4.78, 5) is 4.70. The summed E-state index contributed by atoms with van der Waals surface area (Å²) in [6, 6.07) is 18.7. The summed E-state index contributed by atoms with van der Waals surface area (Å²) >= 11 is 0. The Labute approximate surface area is 136 Å². The van der Waals surface area contributed by atoms with E-state index in [1.807, 2.05) is 31.2 Å². The van der Waals surface area contributed by atoms with Crippen molar-refractivity contribution in [1.82, 2.24) is 9.55 Å². The minimum absolute atomic E-state index is 0.0564. The van der Waals surface area contributed by atoms with Crippen LogP contribution in [0, 0.1) is 24.2 Å². The van der Waals surface area contributed by atoms with Gasteiger partial charge in [0, 0.05) is 6.54 Å². The van der Waals surface area contributed by atoms with Crippen LogP contribution in [0.5, 0.6) is 0 Å². The smallest absolute Gasteiger partial charge is 0.133 e. The number of hydrogen-bond donors (Lipinski definition) is 0. The first kappa shape index (κ1) is 15.1. The molecule has 0 saturated carbocycles. The number of benzene rings is 2. The van der Waals surface area contributed by atoms with Crippen LogP contribution in [0.1, 0.15) is 23.9 Å². The van der Waals surface area contributed by atoms with Gasteiger partial charge >= 0.3 is 0 Å². The molecule has 3 rings (SSSR count). The molecule has 3 heteroatoms. The number of para-hydroxylation sites is 2. The van der Waals surface area contributed by atoms with Crippen LogP contribution in [-0.4, -0.2) is 9.55 Å². The molecule has 3 aromatic rings. The number of nitriles is 1. The SMILES string of the molecule is Cc1ccc(/C=C/c2nc3ccccc3n2CC(C)C#N)cc1. The van der Waals surface area contributed by atoms with Crippen LogP contribution in [0.4, 0.5) is 0 Å². The number of fused-ring (bicyclic) bond motifs is 1. The molecule has 2 aromatic carbocycles. The van der Waals surface area contributed by atoms with Crippen LogP contribution in [0.3, 0.4) is 0 Å². The Morgan fingerprint density at radius 3 is 2.61 bits per heavy atom. The average molecular weight is 301 g/mol. The van der Waals surface area contributed by atoms with Crippen molar-refractivity contribution in [2.45, 2.75) is 20.4 Å². The molecule has 1 aromatic heterocycles. The van der Waals surface area contributed by atoms with Gasteiger partial charge in [-0.1, -0.05) is 48.0 Å². The summed E-state index contributed by atoms with van der Waals surface area (Å²) < 4.78 is 2.12. The molecular weight excluding hydrogens is 282 g/mol. The van der Waals surface area contributed by atoms with Gasteiger partial charge in [0.05, 0.1) is 23.0 Å². The maximum atomic E-state index is 9.13. The molecule has 23 heavy (non-hydrogen) atoms. The molecule has 1 heterocycles. The van der Waals surface area contributed by atoms with Gasteiger partial charge in [0.25, 0.3) is 0 Å². The average Bonchev–Trinajstić information content (AvgIpc) is 2.92. The number of rotatable bonds is 4. The first-order chi connectivity index (χ1) is 11.2. The van der Waals surface area contributed by atoms with Crippen LogP contribution in [0.25, 0.3) is 23.2 Å². The van der Waals surface area contributed by atoms with Crippen molar-refractivity contribution in [1.29, 1.82) is 5.26 Å². The van der Waals surface area contributed by atoms with Crippen molar-refractivity contribution in [2.75, 3.05) is 0 Å². The molecule has 0 bridgehead atoms. The van der Waals surface area contributed by atoms with Gasteiger partial charge in [-0.25, -0.2) is 4.98 Å². The summed E-state index contributed by atoms with van der Waals surface area (Å²) in [6.07, 6.45) is 4.09. The number of nitrogens with zero attached hydrogens (tertiary/aromatic N) is 3. The Hall–Kier alpha value is -2.86. The monoisotopic (exact) mass is 301 g/mol. The van der Waals surface area contributed by atoms with Gasteiger partial charge < -0.3 is 4.57 Å². The highest BCUT2D eigenvalue weighted by atomic mass is 15.1. The second kappa shape index (κ2) is 6.50. The van der Waals surface area contributed by atoms with Crippen LogP contribution in [-0.2, 0) is 6.54 Å². The molecule has 0 saturated heterocycles. The predicted octanol–water partition coefficient (Wildman–Crippen LogP) is 4.67.